The molecule has 3 atom stereocenters. The van der Waals surface area contributed by atoms with Crippen LogP contribution in [0.3, 0.4) is 0 Å². The number of amides is 2. The Morgan fingerprint density at radius 1 is 1.32 bits per heavy atom. The van der Waals surface area contributed by atoms with Crippen molar-refractivity contribution in [1.82, 2.24) is 5.32 Å². The van der Waals surface area contributed by atoms with E-state index in [4.69, 9.17) is 11.6 Å². The molecule has 0 spiro atoms. The van der Waals surface area contributed by atoms with Crippen LogP contribution in [0.15, 0.2) is 18.2 Å². The summed E-state index contributed by atoms with van der Waals surface area (Å²) in [6.07, 6.45) is 5.81. The highest BCUT2D eigenvalue weighted by molar-refractivity contribution is 6.33. The molecule has 2 N–H and O–H groups in total. The van der Waals surface area contributed by atoms with E-state index >= 15 is 0 Å². The maximum atomic E-state index is 12.4. The third-order valence-corrected chi connectivity index (χ3v) is 6.25. The highest BCUT2D eigenvalue weighted by Gasteiger charge is 2.40. The number of rotatable bonds is 4. The van der Waals surface area contributed by atoms with Crippen LogP contribution >= 0.6 is 11.6 Å². The van der Waals surface area contributed by atoms with Crippen LogP contribution in [0.1, 0.15) is 32.1 Å². The van der Waals surface area contributed by atoms with Crippen molar-refractivity contribution in [3.05, 3.63) is 23.2 Å². The average Bonchev–Trinajstić information content (AvgIpc) is 3.17. The molecule has 2 saturated carbocycles. The molecule has 1 aromatic carbocycles. The summed E-state index contributed by atoms with van der Waals surface area (Å²) in [5.41, 5.74) is 1.56. The number of piperazine rings is 1. The topological polar surface area (TPSA) is 61.4 Å². The number of fused-ring (bicyclic) bond motifs is 2. The van der Waals surface area contributed by atoms with Crippen LogP contribution in [0.4, 0.5) is 11.4 Å². The van der Waals surface area contributed by atoms with Gasteiger partial charge in [-0.15, -0.1) is 0 Å². The Labute approximate surface area is 153 Å². The predicted octanol–water partition coefficient (Wildman–Crippen LogP) is 3.04. The van der Waals surface area contributed by atoms with Gasteiger partial charge in [-0.1, -0.05) is 18.0 Å². The Bertz CT molecular complexity index is 693. The van der Waals surface area contributed by atoms with Crippen molar-refractivity contribution in [2.24, 2.45) is 17.8 Å². The van der Waals surface area contributed by atoms with Crippen molar-refractivity contribution in [2.45, 2.75) is 32.1 Å². The molecule has 25 heavy (non-hydrogen) atoms. The van der Waals surface area contributed by atoms with Crippen LogP contribution in [0.2, 0.25) is 5.02 Å². The number of hydrogen-bond acceptors (Lipinski definition) is 3. The zero-order chi connectivity index (χ0) is 17.4. The van der Waals surface area contributed by atoms with E-state index in [-0.39, 0.29) is 11.8 Å². The summed E-state index contributed by atoms with van der Waals surface area (Å²) in [5, 5.41) is 6.35. The summed E-state index contributed by atoms with van der Waals surface area (Å²) in [4.78, 5) is 25.9. The molecular weight excluding hydrogens is 338 g/mol. The van der Waals surface area contributed by atoms with Crippen LogP contribution in [0, 0.1) is 17.8 Å². The van der Waals surface area contributed by atoms with Gasteiger partial charge < -0.3 is 15.5 Å². The molecule has 1 saturated heterocycles. The number of benzene rings is 1. The number of halogens is 1. The lowest BCUT2D eigenvalue weighted by Gasteiger charge is -2.29. The van der Waals surface area contributed by atoms with Crippen molar-refractivity contribution in [3.63, 3.8) is 0 Å². The van der Waals surface area contributed by atoms with Crippen molar-refractivity contribution in [3.8, 4) is 0 Å². The first-order valence-electron chi connectivity index (χ1n) is 9.19. The number of nitrogens with one attached hydrogen (secondary N) is 2. The Kier molecular flexibility index (Phi) is 4.59. The van der Waals surface area contributed by atoms with Crippen molar-refractivity contribution in [2.75, 3.05) is 29.9 Å². The Balaban J connectivity index is 1.37. The highest BCUT2D eigenvalue weighted by atomic mass is 35.5. The molecule has 0 radical (unpaired) electrons. The van der Waals surface area contributed by atoms with E-state index in [1.165, 1.54) is 25.7 Å². The third-order valence-electron chi connectivity index (χ3n) is 5.94. The van der Waals surface area contributed by atoms with Crippen molar-refractivity contribution >= 4 is 34.8 Å². The van der Waals surface area contributed by atoms with E-state index in [9.17, 15) is 9.59 Å². The van der Waals surface area contributed by atoms with Gasteiger partial charge in [-0.05, 0) is 55.2 Å². The molecular formula is C19H24ClN3O2. The molecule has 134 valence electrons. The van der Waals surface area contributed by atoms with Gasteiger partial charge in [-0.2, -0.15) is 0 Å². The molecule has 2 aliphatic carbocycles. The molecule has 0 aromatic heterocycles. The Morgan fingerprint density at radius 2 is 2.20 bits per heavy atom. The smallest absolute Gasteiger partial charge is 0.239 e. The fraction of sp³-hybridized carbons (Fsp3) is 0.579. The van der Waals surface area contributed by atoms with Gasteiger partial charge >= 0.3 is 0 Å². The molecule has 4 rings (SSSR count). The van der Waals surface area contributed by atoms with Crippen molar-refractivity contribution in [1.29, 1.82) is 0 Å². The monoisotopic (exact) mass is 361 g/mol. The molecule has 1 aliphatic heterocycles. The van der Waals surface area contributed by atoms with E-state index < -0.39 is 0 Å². The SMILES string of the molecule is O=C1CN(c2ccc(NC(=O)CC3CC4CCC3C4)cc2Cl)CCN1. The largest absolute Gasteiger partial charge is 0.359 e. The van der Waals surface area contributed by atoms with Gasteiger partial charge in [0.05, 0.1) is 17.3 Å². The summed E-state index contributed by atoms with van der Waals surface area (Å²) in [6.45, 7) is 1.67. The molecule has 2 amide bonds. The van der Waals surface area contributed by atoms with Gasteiger partial charge in [-0.25, -0.2) is 0 Å². The predicted molar refractivity (Wildman–Crippen MR) is 98.9 cm³/mol. The lowest BCUT2D eigenvalue weighted by Crippen LogP contribution is -2.47. The number of anilines is 2. The number of hydrogen-bond donors (Lipinski definition) is 2. The molecule has 1 heterocycles. The summed E-state index contributed by atoms with van der Waals surface area (Å²) >= 11 is 6.39. The Hall–Kier alpha value is -1.75. The van der Waals surface area contributed by atoms with Gasteiger partial charge in [0.2, 0.25) is 11.8 Å². The van der Waals surface area contributed by atoms with Gasteiger partial charge in [-0.3, -0.25) is 9.59 Å². The molecule has 3 aliphatic rings. The maximum Gasteiger partial charge on any atom is 0.239 e. The van der Waals surface area contributed by atoms with E-state index in [1.807, 2.05) is 17.0 Å². The molecule has 2 bridgehead atoms. The van der Waals surface area contributed by atoms with E-state index in [2.05, 4.69) is 10.6 Å². The number of carbonyl (C=O) groups excluding carboxylic acids is 2. The van der Waals surface area contributed by atoms with Crippen LogP contribution in [0.5, 0.6) is 0 Å². The maximum absolute atomic E-state index is 12.4. The van der Waals surface area contributed by atoms with Crippen LogP contribution in [0.25, 0.3) is 0 Å². The van der Waals surface area contributed by atoms with E-state index in [1.54, 1.807) is 6.07 Å². The molecule has 5 nitrogen and oxygen atoms in total. The molecule has 3 unspecified atom stereocenters. The molecule has 3 fully saturated rings. The third kappa shape index (κ3) is 3.61. The summed E-state index contributed by atoms with van der Waals surface area (Å²) in [6, 6.07) is 5.53. The fourth-order valence-corrected chi connectivity index (χ4v) is 5.06. The van der Waals surface area contributed by atoms with Gasteiger partial charge in [0.15, 0.2) is 0 Å². The fourth-order valence-electron chi connectivity index (χ4n) is 4.76. The summed E-state index contributed by atoms with van der Waals surface area (Å²) in [7, 11) is 0. The van der Waals surface area contributed by atoms with E-state index in [0.717, 1.165) is 29.8 Å². The lowest BCUT2D eigenvalue weighted by molar-refractivity contribution is -0.120. The second-order valence-electron chi connectivity index (χ2n) is 7.62. The van der Waals surface area contributed by atoms with Gasteiger partial charge in [0.1, 0.15) is 0 Å². The first-order chi connectivity index (χ1) is 12.1. The number of carbonyl (C=O) groups is 2. The zero-order valence-corrected chi connectivity index (χ0v) is 15.0. The lowest BCUT2D eigenvalue weighted by atomic mass is 9.86. The van der Waals surface area contributed by atoms with Crippen molar-refractivity contribution < 1.29 is 9.59 Å². The second kappa shape index (κ2) is 6.87. The van der Waals surface area contributed by atoms with E-state index in [0.29, 0.717) is 30.5 Å². The van der Waals surface area contributed by atoms with Gasteiger partial charge in [0, 0.05) is 25.2 Å². The molecule has 6 heteroatoms. The van der Waals surface area contributed by atoms with Crippen LogP contribution in [-0.4, -0.2) is 31.4 Å². The first kappa shape index (κ1) is 16.7. The minimum atomic E-state index is 0.00515. The minimum absolute atomic E-state index is 0.00515. The van der Waals surface area contributed by atoms with Gasteiger partial charge in [0.25, 0.3) is 0 Å². The average molecular weight is 362 g/mol. The quantitative estimate of drug-likeness (QED) is 0.866. The minimum Gasteiger partial charge on any atom is -0.359 e. The highest BCUT2D eigenvalue weighted by Crippen LogP contribution is 2.49. The summed E-state index contributed by atoms with van der Waals surface area (Å²) in [5.74, 6) is 2.26. The van der Waals surface area contributed by atoms with Crippen LogP contribution in [-0.2, 0) is 9.59 Å². The number of nitrogens with zero attached hydrogens (tertiary/aromatic N) is 1. The Morgan fingerprint density at radius 3 is 2.88 bits per heavy atom. The van der Waals surface area contributed by atoms with Crippen LogP contribution < -0.4 is 15.5 Å². The standard InChI is InChI=1S/C19H24ClN3O2/c20-16-10-15(3-4-17(16)23-6-5-21-19(25)11-23)22-18(24)9-14-8-12-1-2-13(14)7-12/h3-4,10,12-14H,1-2,5-9,11H2,(H,21,25)(H,22,24). The normalized spacial score (nSPS) is 28.1. The first-order valence-corrected chi connectivity index (χ1v) is 9.57. The summed E-state index contributed by atoms with van der Waals surface area (Å²) < 4.78 is 0. The zero-order valence-electron chi connectivity index (χ0n) is 14.3. The second-order valence-corrected chi connectivity index (χ2v) is 8.03. The molecule has 1 aromatic rings.